The van der Waals surface area contributed by atoms with Crippen molar-refractivity contribution in [2.75, 3.05) is 11.1 Å². The average molecular weight is 417 g/mol. The highest BCUT2D eigenvalue weighted by Gasteiger charge is 2.08. The van der Waals surface area contributed by atoms with Crippen molar-refractivity contribution in [2.24, 2.45) is 0 Å². The number of benzene rings is 2. The van der Waals surface area contributed by atoms with Crippen LogP contribution in [-0.4, -0.2) is 16.0 Å². The Morgan fingerprint density at radius 3 is 2.86 bits per heavy atom. The first-order valence-corrected chi connectivity index (χ1v) is 10.0. The van der Waals surface area contributed by atoms with Crippen LogP contribution in [0.4, 0.5) is 10.8 Å². The molecule has 3 rings (SSSR count). The Labute approximate surface area is 185 Å². The normalized spacial score (nSPS) is 15.9. The number of aryl methyl sites for hydroxylation is 1. The first-order chi connectivity index (χ1) is 16.8. The third-order valence-corrected chi connectivity index (χ3v) is 4.74. The lowest BCUT2D eigenvalue weighted by Crippen LogP contribution is -2.14. The highest BCUT2D eigenvalue weighted by Crippen LogP contribution is 2.21. The van der Waals surface area contributed by atoms with E-state index in [0.717, 1.165) is 11.3 Å². The topological polar surface area (TPSA) is 88.2 Å². The van der Waals surface area contributed by atoms with E-state index in [0.29, 0.717) is 16.9 Å². The number of nitrogen functional groups attached to an aromatic ring is 1. The van der Waals surface area contributed by atoms with Gasteiger partial charge in [-0.05, 0) is 49.4 Å². The summed E-state index contributed by atoms with van der Waals surface area (Å²) in [5.41, 5.74) is 6.92. The molecule has 1 amide bonds. The lowest BCUT2D eigenvalue weighted by molar-refractivity contribution is -0.115. The highest BCUT2D eigenvalue weighted by atomic mass is 32.1. The number of rotatable bonds is 9. The monoisotopic (exact) mass is 416 g/mol. The van der Waals surface area contributed by atoms with Crippen molar-refractivity contribution in [2.45, 2.75) is 45.1 Å². The summed E-state index contributed by atoms with van der Waals surface area (Å²) in [6.07, 6.45) is -2.61. The summed E-state index contributed by atoms with van der Waals surface area (Å²) in [5, 5.41) is 13.6. The number of hydrogen-bond donors (Lipinski definition) is 3. The van der Waals surface area contributed by atoms with E-state index >= 15 is 0 Å². The van der Waals surface area contributed by atoms with E-state index in [9.17, 15) is 9.90 Å². The van der Waals surface area contributed by atoms with E-state index in [1.54, 1.807) is 24.3 Å². The number of hydrogen-bond acceptors (Lipinski definition) is 5. The molecule has 29 heavy (non-hydrogen) atoms. The molecule has 0 aliphatic rings. The van der Waals surface area contributed by atoms with Gasteiger partial charge < -0.3 is 16.2 Å². The van der Waals surface area contributed by atoms with E-state index in [-0.39, 0.29) is 77.4 Å². The summed E-state index contributed by atoms with van der Waals surface area (Å²) in [5.74, 6) is -0.370. The number of aliphatic hydroxyl groups is 1. The Morgan fingerprint density at radius 1 is 1.34 bits per heavy atom. The second-order valence-electron chi connectivity index (χ2n) is 6.53. The number of anilines is 2. The molecule has 0 unspecified atom stereocenters. The number of carbonyl (C=O) groups excluding carboxylic acids is 1. The number of aliphatic hydroxyl groups excluding tert-OH is 1. The Balaban J connectivity index is 1.59. The predicted octanol–water partition coefficient (Wildman–Crippen LogP) is 4.66. The van der Waals surface area contributed by atoms with Gasteiger partial charge >= 0.3 is 0 Å². The van der Waals surface area contributed by atoms with Gasteiger partial charge in [-0.2, -0.15) is 0 Å². The molecule has 6 heteroatoms. The van der Waals surface area contributed by atoms with Crippen molar-refractivity contribution in [3.8, 4) is 0 Å². The maximum Gasteiger partial charge on any atom is 0.230 e. The molecular formula is C23H27N3O2S. The first kappa shape index (κ1) is 13.5. The maximum absolute atomic E-state index is 12.2. The first-order valence-electron chi connectivity index (χ1n) is 12.7. The fourth-order valence-corrected chi connectivity index (χ4v) is 3.19. The van der Waals surface area contributed by atoms with E-state index in [1.807, 2.05) is 0 Å². The SMILES string of the molecule is [2H]c1sc(N)nc1CC(=O)Nc1ccc(C([2H])([2H])CCC[C@H](O)c2c([2H])c([2H])c([2H])c(C)c2[2H])cc1. The molecule has 0 saturated carbocycles. The minimum absolute atomic E-state index is 0.00738. The van der Waals surface area contributed by atoms with Gasteiger partial charge in [0.2, 0.25) is 5.91 Å². The quantitative estimate of drug-likeness (QED) is 0.473. The number of nitrogens with one attached hydrogen (secondary N) is 1. The summed E-state index contributed by atoms with van der Waals surface area (Å²) in [6.45, 7) is 1.50. The van der Waals surface area contributed by atoms with E-state index in [2.05, 4.69) is 10.3 Å². The summed E-state index contributed by atoms with van der Waals surface area (Å²) >= 11 is 0.994. The van der Waals surface area contributed by atoms with E-state index in [1.165, 1.54) is 6.92 Å². The van der Waals surface area contributed by atoms with Crippen LogP contribution in [0.25, 0.3) is 0 Å². The van der Waals surface area contributed by atoms with Gasteiger partial charge in [-0.15, -0.1) is 11.3 Å². The molecule has 152 valence electrons. The van der Waals surface area contributed by atoms with Gasteiger partial charge in [0, 0.05) is 13.8 Å². The van der Waals surface area contributed by atoms with Crippen LogP contribution < -0.4 is 11.1 Å². The van der Waals surface area contributed by atoms with Crippen LogP contribution >= 0.6 is 11.3 Å². The molecule has 1 aromatic heterocycles. The smallest absolute Gasteiger partial charge is 0.230 e. The standard InChI is InChI=1S/C23H27N3O2S/c1-16-5-4-7-18(13-16)21(27)8-3-2-6-17-9-11-19(12-10-17)25-22(28)14-20-15-29-23(24)26-20/h4-5,7,9-13,15,21,27H,2-3,6,8,14H2,1H3,(H2,24,26)(H,25,28)/t21-/m0/s1/i4D,5D,6D2,7D,13D,15D. The molecule has 0 bridgehead atoms. The molecule has 0 aliphatic heterocycles. The minimum Gasteiger partial charge on any atom is -0.388 e. The molecule has 0 spiro atoms. The van der Waals surface area contributed by atoms with Crippen molar-refractivity contribution < 1.29 is 19.5 Å². The molecule has 2 aromatic carbocycles. The number of carbonyl (C=O) groups is 1. The van der Waals surface area contributed by atoms with E-state index in [4.69, 9.17) is 15.3 Å². The van der Waals surface area contributed by atoms with Gasteiger partial charge in [0.15, 0.2) is 5.13 Å². The minimum atomic E-state index is -1.73. The zero-order valence-corrected chi connectivity index (χ0v) is 16.8. The second kappa shape index (κ2) is 10.2. The fourth-order valence-electron chi connectivity index (χ4n) is 2.69. The molecule has 0 aliphatic carbocycles. The Hall–Kier alpha value is -2.70. The molecular weight excluding hydrogens is 382 g/mol. The zero-order valence-electron chi connectivity index (χ0n) is 23.0. The van der Waals surface area contributed by atoms with Crippen molar-refractivity contribution in [1.82, 2.24) is 4.98 Å². The largest absolute Gasteiger partial charge is 0.388 e. The number of aromatic nitrogens is 1. The van der Waals surface area contributed by atoms with E-state index < -0.39 is 12.5 Å². The molecule has 0 saturated heterocycles. The molecule has 5 nitrogen and oxygen atoms in total. The van der Waals surface area contributed by atoms with Crippen LogP contribution in [0.5, 0.6) is 0 Å². The van der Waals surface area contributed by atoms with Gasteiger partial charge in [-0.1, -0.05) is 48.3 Å². The average Bonchev–Trinajstić information content (AvgIpc) is 3.12. The highest BCUT2D eigenvalue weighted by molar-refractivity contribution is 7.13. The third kappa shape index (κ3) is 6.69. The van der Waals surface area contributed by atoms with Crippen molar-refractivity contribution in [3.63, 3.8) is 0 Å². The lowest BCUT2D eigenvalue weighted by Gasteiger charge is -2.11. The number of thiazole rings is 1. The zero-order chi connectivity index (χ0) is 26.8. The van der Waals surface area contributed by atoms with Crippen LogP contribution in [0.15, 0.2) is 53.8 Å². The lowest BCUT2D eigenvalue weighted by atomic mass is 10.00. The Bertz CT molecular complexity index is 1240. The summed E-state index contributed by atoms with van der Waals surface area (Å²) in [7, 11) is 0. The molecule has 0 fully saturated rings. The Morgan fingerprint density at radius 2 is 2.14 bits per heavy atom. The van der Waals surface area contributed by atoms with Crippen molar-refractivity contribution >= 4 is 28.1 Å². The van der Waals surface area contributed by atoms with Crippen LogP contribution in [0, 0.1) is 6.92 Å². The van der Waals surface area contributed by atoms with Crippen LogP contribution in [-0.2, 0) is 17.6 Å². The van der Waals surface area contributed by atoms with Gasteiger partial charge in [-0.3, -0.25) is 4.79 Å². The van der Waals surface area contributed by atoms with Crippen molar-refractivity contribution in [3.05, 3.63) is 76.2 Å². The Kier molecular flexibility index (Phi) is 4.74. The number of amides is 1. The van der Waals surface area contributed by atoms with Gasteiger partial charge in [0.25, 0.3) is 0 Å². The molecule has 1 heterocycles. The fraction of sp³-hybridized carbons (Fsp3) is 0.304. The van der Waals surface area contributed by atoms with Crippen LogP contribution in [0.2, 0.25) is 0 Å². The predicted molar refractivity (Wildman–Crippen MR) is 119 cm³/mol. The molecule has 4 N–H and O–H groups in total. The van der Waals surface area contributed by atoms with Gasteiger partial charge in [0.05, 0.1) is 25.1 Å². The molecule has 0 radical (unpaired) electrons. The second-order valence-corrected chi connectivity index (χ2v) is 7.35. The number of nitrogens with zero attached hydrogens (tertiary/aromatic N) is 1. The third-order valence-electron chi connectivity index (χ3n) is 4.10. The van der Waals surface area contributed by atoms with Crippen molar-refractivity contribution in [1.29, 1.82) is 0 Å². The molecule has 1 atom stereocenters. The van der Waals surface area contributed by atoms with Crippen LogP contribution in [0.1, 0.15) is 57.3 Å². The summed E-state index contributed by atoms with van der Waals surface area (Å²) < 4.78 is 56.4. The number of nitrogens with two attached hydrogens (primary N) is 1. The molecule has 3 aromatic rings. The van der Waals surface area contributed by atoms with Crippen LogP contribution in [0.3, 0.4) is 0 Å². The summed E-state index contributed by atoms with van der Waals surface area (Å²) in [4.78, 5) is 16.2. The summed E-state index contributed by atoms with van der Waals surface area (Å²) in [6, 6.07) is 5.27. The van der Waals surface area contributed by atoms with Gasteiger partial charge in [0.1, 0.15) is 0 Å². The van der Waals surface area contributed by atoms with Gasteiger partial charge in [-0.25, -0.2) is 4.98 Å². The maximum atomic E-state index is 12.2.